The maximum atomic E-state index is 12.8. The van der Waals surface area contributed by atoms with E-state index >= 15 is 0 Å². The molecular formula is C86H142O17Si7. The normalized spacial score (nSPS) is 10.3. The summed E-state index contributed by atoms with van der Waals surface area (Å²) in [4.78, 5) is 50.0. The van der Waals surface area contributed by atoms with E-state index in [9.17, 15) is 19.2 Å². The zero-order valence-corrected chi connectivity index (χ0v) is 68.3. The van der Waals surface area contributed by atoms with Crippen molar-refractivity contribution in [3.05, 3.63) is 267 Å². The predicted octanol–water partition coefficient (Wildman–Crippen LogP) is 24.3. The molecule has 6 aromatic rings. The molecule has 0 fully saturated rings. The second-order valence-electron chi connectivity index (χ2n) is 25.8. The Balaban J connectivity index is -0.000000219. The molecule has 6 aromatic carbocycles. The average molecular weight is 1640 g/mol. The third-order valence-electron chi connectivity index (χ3n) is 13.3. The zero-order valence-electron chi connectivity index (χ0n) is 61.0. The van der Waals surface area contributed by atoms with Crippen LogP contribution in [0.15, 0.2) is 239 Å². The standard InChI is InChI=1S/C30H30O6.C26H22O6.C16H36O4Si5.C4H14OSi2.10CH4/c1-6-18-33-23-12-8-21(9-13-23)28(31)35-25-16-17-27(26(20-25)30(3,4)5)36-29(32)22-10-14-24(15-11-22)34-19-7-2;1-3-17-29-21-9-5-19(6-10-21)25(27)31-23-13-15-24(16-14-23)32-26(28)20-7-11-22(12-8-20)30-18-4-2;1-13-21(5,6)17-25(18-22(7,8)14-2,19-23(9,10)15-3)20-24(11,12)16-4;1-6(2)5-7(3)4;;;;;;;;;;/h6-17,20H,1-2,18-19H2,3-5H3;3-16H,1-2,17-18H2;13-16H,1-4H2,5-12H3;6-7H,1-4H3;10*1H4. The largest absolute Gasteiger partial charge is 0.637 e. The SMILES string of the molecule is C.C.C.C.C.C.C.C.C.C.C=CCOc1ccc(C(=O)Oc2ccc(OC(=O)c3ccc(OCC=C)cc3)c(C(C)(C)C)c2)cc1.C=CCOc1ccc(C(=O)Oc2ccc(OC(=O)c3ccc(OCC=C)cc3)cc2)cc1.C=C[Si](C)(C)O[Si](O[Si](C)(C)C=C)(O[Si](C)(C)C=C)O[Si](C)(C)C=C.C[SiH](C)O[SiH](C)C. The minimum Gasteiger partial charge on any atom is -0.490 e. The lowest BCUT2D eigenvalue weighted by atomic mass is 9.86. The first-order chi connectivity index (χ1) is 47.0. The van der Waals surface area contributed by atoms with Crippen molar-refractivity contribution in [2.24, 2.45) is 0 Å². The van der Waals surface area contributed by atoms with Crippen molar-refractivity contribution in [2.45, 2.75) is 179 Å². The van der Waals surface area contributed by atoms with Gasteiger partial charge in [0.25, 0.3) is 0 Å². The Labute approximate surface area is 676 Å². The molecule has 0 saturated carbocycles. The third-order valence-corrected chi connectivity index (χ3v) is 34.0. The summed E-state index contributed by atoms with van der Waals surface area (Å²) < 4.78 is 75.4. The van der Waals surface area contributed by atoms with Gasteiger partial charge in [0.1, 0.15) is 72.4 Å². The highest BCUT2D eigenvalue weighted by Gasteiger charge is 2.57. The molecule has 616 valence electrons. The molecule has 110 heavy (non-hydrogen) atoms. The van der Waals surface area contributed by atoms with Crippen LogP contribution in [0, 0.1) is 0 Å². The van der Waals surface area contributed by atoms with Crippen molar-refractivity contribution in [1.29, 1.82) is 0 Å². The van der Waals surface area contributed by atoms with Gasteiger partial charge < -0.3 is 58.5 Å². The van der Waals surface area contributed by atoms with Gasteiger partial charge in [-0.1, -0.05) is 168 Å². The number of benzene rings is 6. The van der Waals surface area contributed by atoms with E-state index in [1.54, 1.807) is 164 Å². The van der Waals surface area contributed by atoms with E-state index in [-0.39, 0.29) is 79.7 Å². The number of hydrogen-bond donors (Lipinski definition) is 0. The molecule has 0 atom stereocenters. The quantitative estimate of drug-likeness (QED) is 0.0160. The molecule has 24 heteroatoms. The third kappa shape index (κ3) is 43.9. The predicted molar refractivity (Wildman–Crippen MR) is 487 cm³/mol. The highest BCUT2D eigenvalue weighted by Crippen LogP contribution is 2.36. The van der Waals surface area contributed by atoms with Gasteiger partial charge in [-0.05, 0) is 224 Å². The number of carbonyl (C=O) groups excluding carboxylic acids is 4. The van der Waals surface area contributed by atoms with Crippen molar-refractivity contribution in [2.75, 3.05) is 26.4 Å². The Morgan fingerprint density at radius 3 is 0.736 bits per heavy atom. The second-order valence-corrected chi connectivity index (χ2v) is 49.8. The van der Waals surface area contributed by atoms with Gasteiger partial charge in [-0.15, -0.1) is 26.3 Å². The van der Waals surface area contributed by atoms with Crippen LogP contribution in [0.4, 0.5) is 0 Å². The molecular weight excluding hydrogens is 1500 g/mol. The number of rotatable bonds is 34. The van der Waals surface area contributed by atoms with E-state index < -0.39 is 84.3 Å². The molecule has 0 spiro atoms. The van der Waals surface area contributed by atoms with E-state index in [4.69, 9.17) is 58.5 Å². The first kappa shape index (κ1) is 117. The molecule has 0 aliphatic rings. The van der Waals surface area contributed by atoms with Gasteiger partial charge >= 0.3 is 32.9 Å². The van der Waals surface area contributed by atoms with Crippen LogP contribution in [0.25, 0.3) is 0 Å². The molecule has 17 nitrogen and oxygen atoms in total. The first-order valence-electron chi connectivity index (χ1n) is 32.5. The van der Waals surface area contributed by atoms with Crippen molar-refractivity contribution < 1.29 is 77.6 Å². The summed E-state index contributed by atoms with van der Waals surface area (Å²) in [6.45, 7) is 62.9. The molecule has 0 radical (unpaired) electrons. The van der Waals surface area contributed by atoms with Crippen LogP contribution >= 0.6 is 0 Å². The van der Waals surface area contributed by atoms with Crippen molar-refractivity contribution >= 4 is 84.3 Å². The zero-order chi connectivity index (χ0) is 74.9. The van der Waals surface area contributed by atoms with Gasteiger partial charge in [-0.3, -0.25) is 0 Å². The second kappa shape index (κ2) is 56.8. The fourth-order valence-electron chi connectivity index (χ4n) is 7.97. The van der Waals surface area contributed by atoms with Crippen molar-refractivity contribution in [1.82, 2.24) is 0 Å². The van der Waals surface area contributed by atoms with Crippen LogP contribution in [0.5, 0.6) is 46.0 Å². The molecule has 0 saturated heterocycles. The number of ether oxygens (including phenoxy) is 8. The van der Waals surface area contributed by atoms with Crippen molar-refractivity contribution in [3.8, 4) is 46.0 Å². The summed E-state index contributed by atoms with van der Waals surface area (Å²) in [5.41, 5.74) is 9.36. The maximum Gasteiger partial charge on any atom is 0.637 e. The number of hydrogen-bond acceptors (Lipinski definition) is 17. The van der Waals surface area contributed by atoms with Gasteiger partial charge in [0, 0.05) is 5.56 Å². The Bertz CT molecular complexity index is 3470. The van der Waals surface area contributed by atoms with Crippen molar-refractivity contribution in [3.63, 3.8) is 0 Å². The van der Waals surface area contributed by atoms with E-state index in [1.165, 1.54) is 0 Å². The van der Waals surface area contributed by atoms with Crippen LogP contribution in [0.3, 0.4) is 0 Å². The Kier molecular flexibility index (Phi) is 60.6. The first-order valence-corrected chi connectivity index (χ1v) is 51.6. The van der Waals surface area contributed by atoms with Crippen LogP contribution in [-0.4, -0.2) is 111 Å². The van der Waals surface area contributed by atoms with Crippen LogP contribution in [-0.2, 0) is 26.0 Å². The Hall–Kier alpha value is -8.36. The van der Waals surface area contributed by atoms with E-state index in [2.05, 4.69) is 131 Å². The lowest BCUT2D eigenvalue weighted by Gasteiger charge is -2.44. The van der Waals surface area contributed by atoms with E-state index in [0.717, 1.165) is 5.56 Å². The van der Waals surface area contributed by atoms with Gasteiger partial charge in [-0.25, -0.2) is 19.2 Å². The van der Waals surface area contributed by atoms with E-state index in [1.807, 2.05) is 43.6 Å². The molecule has 0 unspecified atom stereocenters. The summed E-state index contributed by atoms with van der Waals surface area (Å²) in [6.07, 6.45) is 6.57. The molecule has 6 rings (SSSR count). The Morgan fingerprint density at radius 1 is 0.327 bits per heavy atom. The average Bonchev–Trinajstić information content (AvgIpc) is 0.784. The highest BCUT2D eigenvalue weighted by atomic mass is 28.5. The minimum atomic E-state index is -3.46. The minimum absolute atomic E-state index is 0. The lowest BCUT2D eigenvalue weighted by Crippen LogP contribution is -2.66. The molecule has 0 N–H and O–H groups in total. The summed E-state index contributed by atoms with van der Waals surface area (Å²) in [5, 5.41) is 0. The molecule has 0 aliphatic carbocycles. The smallest absolute Gasteiger partial charge is 0.490 e. The lowest BCUT2D eigenvalue weighted by molar-refractivity contribution is 0.0716. The van der Waals surface area contributed by atoms with Crippen LogP contribution < -0.4 is 37.9 Å². The maximum absolute atomic E-state index is 12.8. The van der Waals surface area contributed by atoms with Gasteiger partial charge in [-0.2, -0.15) is 0 Å². The fraction of sp³-hybridized carbons (Fsp3) is 0.349. The molecule has 0 aromatic heterocycles. The monoisotopic (exact) mass is 1640 g/mol. The van der Waals surface area contributed by atoms with Gasteiger partial charge in [0.15, 0.2) is 18.1 Å². The topological polar surface area (TPSA) is 188 Å². The summed E-state index contributed by atoms with van der Waals surface area (Å²) in [7, 11) is -13.7. The van der Waals surface area contributed by atoms with Crippen LogP contribution in [0.1, 0.15) is 142 Å². The van der Waals surface area contributed by atoms with Crippen LogP contribution in [0.2, 0.25) is 78.6 Å². The van der Waals surface area contributed by atoms with Gasteiger partial charge in [0.05, 0.1) is 22.3 Å². The Morgan fingerprint density at radius 2 is 0.536 bits per heavy atom. The molecule has 0 amide bonds. The fourth-order valence-corrected chi connectivity index (χ4v) is 27.2. The van der Waals surface area contributed by atoms with Gasteiger partial charge in [0.2, 0.25) is 33.3 Å². The number of esters is 4. The molecule has 0 aliphatic heterocycles. The summed E-state index contributed by atoms with van der Waals surface area (Å²) in [6, 6.07) is 37.7. The molecule has 0 bridgehead atoms. The van der Waals surface area contributed by atoms with E-state index in [0.29, 0.717) is 94.7 Å². The summed E-state index contributed by atoms with van der Waals surface area (Å²) >= 11 is 0. The molecule has 0 heterocycles. The highest BCUT2D eigenvalue weighted by molar-refractivity contribution is 6.95. The summed E-state index contributed by atoms with van der Waals surface area (Å²) in [5.74, 6) is 1.89. The number of carbonyl (C=O) groups is 4.